The molecule has 0 radical (unpaired) electrons. The first-order valence-electron chi connectivity index (χ1n) is 8.68. The van der Waals surface area contributed by atoms with Gasteiger partial charge in [0.05, 0.1) is 16.7 Å². The molecular formula is C19H17N5O3S2. The number of hydrogen-bond donors (Lipinski definition) is 1. The summed E-state index contributed by atoms with van der Waals surface area (Å²) in [6.07, 6.45) is 2.83. The van der Waals surface area contributed by atoms with Crippen molar-refractivity contribution in [2.45, 2.75) is 12.3 Å². The van der Waals surface area contributed by atoms with Gasteiger partial charge in [0.25, 0.3) is 0 Å². The summed E-state index contributed by atoms with van der Waals surface area (Å²) < 4.78 is 25.2. The van der Waals surface area contributed by atoms with Gasteiger partial charge in [-0.2, -0.15) is 0 Å². The minimum atomic E-state index is -3.30. The number of para-hydroxylation sites is 2. The number of carbonyl (C=O) groups excluding carboxylic acids is 1. The van der Waals surface area contributed by atoms with E-state index < -0.39 is 9.84 Å². The number of nitrogens with zero attached hydrogens (tertiary/aromatic N) is 4. The Bertz CT molecular complexity index is 1280. The van der Waals surface area contributed by atoms with Crippen molar-refractivity contribution in [1.29, 1.82) is 0 Å². The number of rotatable bonds is 6. The van der Waals surface area contributed by atoms with Crippen molar-refractivity contribution in [2.75, 3.05) is 11.6 Å². The lowest BCUT2D eigenvalue weighted by Crippen LogP contribution is -2.21. The van der Waals surface area contributed by atoms with Crippen LogP contribution < -0.4 is 5.32 Å². The summed E-state index contributed by atoms with van der Waals surface area (Å²) in [5.41, 5.74) is 2.75. The van der Waals surface area contributed by atoms with Crippen molar-refractivity contribution in [1.82, 2.24) is 19.5 Å². The fourth-order valence-corrected chi connectivity index (χ4v) is 4.32. The van der Waals surface area contributed by atoms with Crippen LogP contribution in [-0.4, -0.2) is 40.1 Å². The third-order valence-electron chi connectivity index (χ3n) is 4.10. The zero-order valence-corrected chi connectivity index (χ0v) is 17.1. The zero-order chi connectivity index (χ0) is 20.4. The number of nitrogens with one attached hydrogen (secondary N) is 1. The predicted octanol–water partition coefficient (Wildman–Crippen LogP) is 2.74. The number of amides is 1. The number of anilines is 1. The molecule has 4 rings (SSSR count). The molecule has 0 fully saturated rings. The number of pyridine rings is 1. The Morgan fingerprint density at radius 2 is 1.90 bits per heavy atom. The Balaban J connectivity index is 1.56. The number of carbonyl (C=O) groups is 1. The lowest BCUT2D eigenvalue weighted by molar-refractivity contribution is -0.116. The molecule has 3 heterocycles. The summed E-state index contributed by atoms with van der Waals surface area (Å²) in [5, 5.41) is 5.04. The van der Waals surface area contributed by atoms with Crippen molar-refractivity contribution < 1.29 is 13.2 Å². The number of benzene rings is 1. The van der Waals surface area contributed by atoms with Gasteiger partial charge in [-0.25, -0.2) is 18.4 Å². The Kier molecular flexibility index (Phi) is 5.12. The molecule has 29 heavy (non-hydrogen) atoms. The van der Waals surface area contributed by atoms with Gasteiger partial charge in [-0.1, -0.05) is 18.2 Å². The largest absolute Gasteiger partial charge is 0.318 e. The summed E-state index contributed by atoms with van der Waals surface area (Å²) in [5.74, 6) is -0.224. The van der Waals surface area contributed by atoms with Crippen LogP contribution in [0.25, 0.3) is 22.4 Å². The van der Waals surface area contributed by atoms with E-state index >= 15 is 0 Å². The number of imidazole rings is 1. The van der Waals surface area contributed by atoms with Gasteiger partial charge in [0, 0.05) is 17.8 Å². The van der Waals surface area contributed by atoms with E-state index in [1.165, 1.54) is 11.3 Å². The van der Waals surface area contributed by atoms with Gasteiger partial charge < -0.3 is 9.88 Å². The number of fused-ring (bicyclic) bond motifs is 1. The maximum absolute atomic E-state index is 12.6. The van der Waals surface area contributed by atoms with E-state index in [1.807, 2.05) is 41.8 Å². The molecule has 1 amide bonds. The molecule has 0 saturated heterocycles. The molecule has 0 aliphatic carbocycles. The fraction of sp³-hybridized carbons (Fsp3) is 0.158. The van der Waals surface area contributed by atoms with Gasteiger partial charge in [-0.15, -0.1) is 11.3 Å². The van der Waals surface area contributed by atoms with Gasteiger partial charge >= 0.3 is 0 Å². The van der Waals surface area contributed by atoms with Gasteiger partial charge in [-0.05, 0) is 24.3 Å². The lowest BCUT2D eigenvalue weighted by Gasteiger charge is -2.08. The normalized spacial score (nSPS) is 11.6. The van der Waals surface area contributed by atoms with Crippen LogP contribution in [0.2, 0.25) is 0 Å². The van der Waals surface area contributed by atoms with E-state index in [0.29, 0.717) is 27.7 Å². The molecule has 0 unspecified atom stereocenters. The van der Waals surface area contributed by atoms with Crippen LogP contribution in [0.5, 0.6) is 0 Å². The highest BCUT2D eigenvalue weighted by atomic mass is 32.2. The van der Waals surface area contributed by atoms with Crippen molar-refractivity contribution in [3.05, 3.63) is 59.9 Å². The standard InChI is InChI=1S/C19H17N5O3S2/c1-29(26,27)12-17-21-14-7-2-3-8-16(14)24(17)10-18(25)23-19-22-15(11-28-19)13-6-4-5-9-20-13/h2-9,11H,10,12H2,1H3,(H,22,23,25). The average molecular weight is 428 g/mol. The van der Waals surface area contributed by atoms with Crippen molar-refractivity contribution in [3.63, 3.8) is 0 Å². The molecule has 8 nitrogen and oxygen atoms in total. The molecule has 148 valence electrons. The SMILES string of the molecule is CS(=O)(=O)Cc1nc2ccccc2n1CC(=O)Nc1nc(-c2ccccn2)cs1. The van der Waals surface area contributed by atoms with Crippen LogP contribution >= 0.6 is 11.3 Å². The van der Waals surface area contributed by atoms with Gasteiger partial charge in [0.15, 0.2) is 15.0 Å². The van der Waals surface area contributed by atoms with Crippen LogP contribution in [0.1, 0.15) is 5.82 Å². The predicted molar refractivity (Wildman–Crippen MR) is 112 cm³/mol. The second-order valence-corrected chi connectivity index (χ2v) is 9.47. The fourth-order valence-electron chi connectivity index (χ4n) is 2.91. The molecule has 1 N–H and O–H groups in total. The Morgan fingerprint density at radius 1 is 1.10 bits per heavy atom. The van der Waals surface area contributed by atoms with Crippen molar-refractivity contribution >= 4 is 43.2 Å². The first kappa shape index (κ1) is 19.2. The second-order valence-electron chi connectivity index (χ2n) is 6.47. The maximum atomic E-state index is 12.6. The van der Waals surface area contributed by atoms with E-state index in [0.717, 1.165) is 11.9 Å². The Hall–Kier alpha value is -3.11. The van der Waals surface area contributed by atoms with Crippen LogP contribution in [0.3, 0.4) is 0 Å². The van der Waals surface area contributed by atoms with E-state index in [9.17, 15) is 13.2 Å². The highest BCUT2D eigenvalue weighted by Gasteiger charge is 2.18. The first-order chi connectivity index (χ1) is 13.9. The monoisotopic (exact) mass is 427 g/mol. The molecular weight excluding hydrogens is 410 g/mol. The minimum absolute atomic E-state index is 0.0656. The highest BCUT2D eigenvalue weighted by molar-refractivity contribution is 7.89. The summed E-state index contributed by atoms with van der Waals surface area (Å²) in [7, 11) is -3.30. The molecule has 0 aliphatic heterocycles. The molecule has 1 aromatic carbocycles. The van der Waals surface area contributed by atoms with Crippen LogP contribution in [0.4, 0.5) is 5.13 Å². The summed E-state index contributed by atoms with van der Waals surface area (Å²) in [6.45, 7) is -0.0656. The van der Waals surface area contributed by atoms with E-state index in [1.54, 1.807) is 16.8 Å². The molecule has 0 bridgehead atoms. The molecule has 0 spiro atoms. The van der Waals surface area contributed by atoms with Crippen LogP contribution in [0, 0.1) is 0 Å². The van der Waals surface area contributed by atoms with Crippen LogP contribution in [0.15, 0.2) is 54.0 Å². The van der Waals surface area contributed by atoms with Crippen molar-refractivity contribution in [3.8, 4) is 11.4 Å². The van der Waals surface area contributed by atoms with Crippen LogP contribution in [-0.2, 0) is 26.9 Å². The first-order valence-corrected chi connectivity index (χ1v) is 11.6. The van der Waals surface area contributed by atoms with Gasteiger partial charge in [0.1, 0.15) is 23.8 Å². The topological polar surface area (TPSA) is 107 Å². The number of aromatic nitrogens is 4. The zero-order valence-electron chi connectivity index (χ0n) is 15.4. The summed E-state index contributed by atoms with van der Waals surface area (Å²) in [4.78, 5) is 25.7. The van der Waals surface area contributed by atoms with Gasteiger partial charge in [-0.3, -0.25) is 9.78 Å². The summed E-state index contributed by atoms with van der Waals surface area (Å²) in [6, 6.07) is 12.8. The number of sulfone groups is 1. The molecule has 0 atom stereocenters. The smallest absolute Gasteiger partial charge is 0.246 e. The number of hydrogen-bond acceptors (Lipinski definition) is 7. The van der Waals surface area contributed by atoms with Gasteiger partial charge in [0.2, 0.25) is 5.91 Å². The maximum Gasteiger partial charge on any atom is 0.246 e. The highest BCUT2D eigenvalue weighted by Crippen LogP contribution is 2.23. The van der Waals surface area contributed by atoms with E-state index in [2.05, 4.69) is 20.3 Å². The van der Waals surface area contributed by atoms with E-state index in [-0.39, 0.29) is 18.2 Å². The second kappa shape index (κ2) is 7.72. The lowest BCUT2D eigenvalue weighted by atomic mass is 10.3. The quantitative estimate of drug-likeness (QED) is 0.507. The molecule has 0 aliphatic rings. The Labute approximate surface area is 171 Å². The third kappa shape index (κ3) is 4.49. The van der Waals surface area contributed by atoms with E-state index in [4.69, 9.17) is 0 Å². The Morgan fingerprint density at radius 3 is 2.66 bits per heavy atom. The molecule has 4 aromatic rings. The third-order valence-corrected chi connectivity index (χ3v) is 5.64. The van der Waals surface area contributed by atoms with Crippen molar-refractivity contribution in [2.24, 2.45) is 0 Å². The summed E-state index contributed by atoms with van der Waals surface area (Å²) >= 11 is 1.30. The molecule has 3 aromatic heterocycles. The average Bonchev–Trinajstić information content (AvgIpc) is 3.26. The molecule has 10 heteroatoms. The molecule has 0 saturated carbocycles. The number of thiazole rings is 1. The minimum Gasteiger partial charge on any atom is -0.318 e.